The highest BCUT2D eigenvalue weighted by atomic mass is 79.9. The van der Waals surface area contributed by atoms with E-state index in [4.69, 9.17) is 11.6 Å². The zero-order valence-electron chi connectivity index (χ0n) is 12.6. The standard InChI is InChI=1S/C17H10BrClN4OS/c18-11-5-3-4-10(8-11)12-9-25-17(20-12)22-16(24)14-15(19)21-13-6-1-2-7-23(13)14/h1-9H,(H,20,22,24). The van der Waals surface area contributed by atoms with Crippen LogP contribution in [0.2, 0.25) is 5.15 Å². The molecule has 1 N–H and O–H groups in total. The number of imidazole rings is 1. The van der Waals surface area contributed by atoms with Gasteiger partial charge in [0.15, 0.2) is 16.0 Å². The fraction of sp³-hybridized carbons (Fsp3) is 0. The number of rotatable bonds is 3. The molecule has 0 saturated heterocycles. The maximum absolute atomic E-state index is 12.6. The molecule has 5 nitrogen and oxygen atoms in total. The predicted octanol–water partition coefficient (Wildman–Crippen LogP) is 5.13. The summed E-state index contributed by atoms with van der Waals surface area (Å²) in [5, 5.41) is 5.35. The van der Waals surface area contributed by atoms with E-state index in [1.54, 1.807) is 16.7 Å². The molecule has 25 heavy (non-hydrogen) atoms. The van der Waals surface area contributed by atoms with Crippen molar-refractivity contribution < 1.29 is 4.79 Å². The number of carbonyl (C=O) groups excluding carboxylic acids is 1. The Bertz CT molecular complexity index is 1090. The molecule has 3 aromatic heterocycles. The fourth-order valence-corrected chi connectivity index (χ4v) is 3.82. The summed E-state index contributed by atoms with van der Waals surface area (Å²) in [7, 11) is 0. The van der Waals surface area contributed by atoms with Crippen LogP contribution in [0, 0.1) is 0 Å². The molecule has 0 aliphatic carbocycles. The summed E-state index contributed by atoms with van der Waals surface area (Å²) in [6.07, 6.45) is 1.75. The Hall–Kier alpha value is -2.22. The van der Waals surface area contributed by atoms with E-state index < -0.39 is 0 Å². The van der Waals surface area contributed by atoms with E-state index in [1.165, 1.54) is 11.3 Å². The lowest BCUT2D eigenvalue weighted by Gasteiger charge is -2.02. The van der Waals surface area contributed by atoms with E-state index in [-0.39, 0.29) is 16.8 Å². The van der Waals surface area contributed by atoms with Crippen molar-refractivity contribution in [3.63, 3.8) is 0 Å². The molecule has 0 spiro atoms. The zero-order chi connectivity index (χ0) is 17.4. The van der Waals surface area contributed by atoms with Crippen LogP contribution in [0.4, 0.5) is 5.13 Å². The summed E-state index contributed by atoms with van der Waals surface area (Å²) in [5.74, 6) is -0.348. The van der Waals surface area contributed by atoms with Crippen LogP contribution >= 0.6 is 38.9 Å². The molecule has 0 saturated carbocycles. The Morgan fingerprint density at radius 3 is 2.92 bits per heavy atom. The lowest BCUT2D eigenvalue weighted by molar-refractivity contribution is 0.102. The second-order valence-corrected chi connectivity index (χ2v) is 7.31. The number of aromatic nitrogens is 3. The Morgan fingerprint density at radius 1 is 1.20 bits per heavy atom. The number of nitrogens with one attached hydrogen (secondary N) is 1. The monoisotopic (exact) mass is 432 g/mol. The van der Waals surface area contributed by atoms with Crippen LogP contribution in [-0.4, -0.2) is 20.3 Å². The topological polar surface area (TPSA) is 59.3 Å². The van der Waals surface area contributed by atoms with E-state index in [0.717, 1.165) is 15.7 Å². The van der Waals surface area contributed by atoms with Crippen molar-refractivity contribution >= 4 is 55.6 Å². The minimum Gasteiger partial charge on any atom is -0.296 e. The highest BCUT2D eigenvalue weighted by molar-refractivity contribution is 9.10. The van der Waals surface area contributed by atoms with Gasteiger partial charge in [0.05, 0.1) is 5.69 Å². The number of carbonyl (C=O) groups is 1. The third-order valence-electron chi connectivity index (χ3n) is 3.55. The largest absolute Gasteiger partial charge is 0.296 e. The number of nitrogens with zero attached hydrogens (tertiary/aromatic N) is 3. The minimum atomic E-state index is -0.348. The molecule has 1 aromatic carbocycles. The van der Waals surface area contributed by atoms with Gasteiger partial charge in [0, 0.05) is 21.6 Å². The van der Waals surface area contributed by atoms with Crippen LogP contribution < -0.4 is 5.32 Å². The van der Waals surface area contributed by atoms with Crippen molar-refractivity contribution in [1.82, 2.24) is 14.4 Å². The van der Waals surface area contributed by atoms with Crippen molar-refractivity contribution in [3.8, 4) is 11.3 Å². The van der Waals surface area contributed by atoms with E-state index in [0.29, 0.717) is 10.8 Å². The summed E-state index contributed by atoms with van der Waals surface area (Å²) in [4.78, 5) is 21.3. The van der Waals surface area contributed by atoms with Gasteiger partial charge in [-0.2, -0.15) is 0 Å². The van der Waals surface area contributed by atoms with Crippen LogP contribution in [0.25, 0.3) is 16.9 Å². The number of pyridine rings is 1. The average Bonchev–Trinajstić information content (AvgIpc) is 3.18. The van der Waals surface area contributed by atoms with Crippen molar-refractivity contribution in [3.05, 3.63) is 69.4 Å². The third-order valence-corrected chi connectivity index (χ3v) is 5.06. The second-order valence-electron chi connectivity index (χ2n) is 5.18. The Kier molecular flexibility index (Phi) is 4.29. The van der Waals surface area contributed by atoms with Gasteiger partial charge in [-0.1, -0.05) is 45.7 Å². The van der Waals surface area contributed by atoms with Crippen LogP contribution in [-0.2, 0) is 0 Å². The lowest BCUT2D eigenvalue weighted by atomic mass is 10.2. The molecule has 0 radical (unpaired) electrons. The summed E-state index contributed by atoms with van der Waals surface area (Å²) < 4.78 is 2.63. The second kappa shape index (κ2) is 6.59. The van der Waals surface area contributed by atoms with Crippen molar-refractivity contribution in [2.45, 2.75) is 0 Å². The molecule has 0 fully saturated rings. The van der Waals surface area contributed by atoms with Crippen molar-refractivity contribution in [2.75, 3.05) is 5.32 Å². The van der Waals surface area contributed by atoms with Gasteiger partial charge in [-0.15, -0.1) is 11.3 Å². The first-order chi connectivity index (χ1) is 12.1. The number of halogens is 2. The molecule has 4 aromatic rings. The average molecular weight is 434 g/mol. The van der Waals surface area contributed by atoms with Crippen LogP contribution in [0.5, 0.6) is 0 Å². The van der Waals surface area contributed by atoms with Gasteiger partial charge in [-0.05, 0) is 24.3 Å². The smallest absolute Gasteiger partial charge is 0.277 e. The predicted molar refractivity (Wildman–Crippen MR) is 103 cm³/mol. The SMILES string of the molecule is O=C(Nc1nc(-c2cccc(Br)c2)cs1)c1c(Cl)nc2ccccn12. The van der Waals surface area contributed by atoms with Gasteiger partial charge in [0.1, 0.15) is 5.65 Å². The third kappa shape index (κ3) is 3.18. The molecule has 124 valence electrons. The first kappa shape index (κ1) is 16.3. The zero-order valence-corrected chi connectivity index (χ0v) is 15.8. The van der Waals surface area contributed by atoms with Gasteiger partial charge < -0.3 is 0 Å². The van der Waals surface area contributed by atoms with E-state index in [2.05, 4.69) is 31.2 Å². The van der Waals surface area contributed by atoms with Gasteiger partial charge in [-0.3, -0.25) is 14.5 Å². The molecule has 8 heteroatoms. The fourth-order valence-electron chi connectivity index (χ4n) is 2.44. The first-order valence-corrected chi connectivity index (χ1v) is 9.32. The van der Waals surface area contributed by atoms with Crippen molar-refractivity contribution in [1.29, 1.82) is 0 Å². The molecule has 0 aliphatic rings. The summed E-state index contributed by atoms with van der Waals surface area (Å²) in [6.45, 7) is 0. The Balaban J connectivity index is 1.62. The lowest BCUT2D eigenvalue weighted by Crippen LogP contribution is -2.14. The van der Waals surface area contributed by atoms with Crippen LogP contribution in [0.1, 0.15) is 10.5 Å². The van der Waals surface area contributed by atoms with Crippen molar-refractivity contribution in [2.24, 2.45) is 0 Å². The van der Waals surface area contributed by atoms with Crippen LogP contribution in [0.15, 0.2) is 58.5 Å². The maximum Gasteiger partial charge on any atom is 0.277 e. The first-order valence-electron chi connectivity index (χ1n) is 7.27. The van der Waals surface area contributed by atoms with Gasteiger partial charge in [0.25, 0.3) is 5.91 Å². The molecule has 0 unspecified atom stereocenters. The van der Waals surface area contributed by atoms with E-state index >= 15 is 0 Å². The number of fused-ring (bicyclic) bond motifs is 1. The Labute approximate surface area is 160 Å². The van der Waals surface area contributed by atoms with E-state index in [1.807, 2.05) is 41.8 Å². The molecule has 4 rings (SSSR count). The molecule has 0 atom stereocenters. The summed E-state index contributed by atoms with van der Waals surface area (Å²) in [5.41, 5.74) is 2.67. The highest BCUT2D eigenvalue weighted by Gasteiger charge is 2.19. The Morgan fingerprint density at radius 2 is 2.08 bits per heavy atom. The van der Waals surface area contributed by atoms with Gasteiger partial charge in [0.2, 0.25) is 0 Å². The number of hydrogen-bond donors (Lipinski definition) is 1. The van der Waals surface area contributed by atoms with Gasteiger partial charge >= 0.3 is 0 Å². The molecule has 3 heterocycles. The maximum atomic E-state index is 12.6. The van der Waals surface area contributed by atoms with Gasteiger partial charge in [-0.25, -0.2) is 9.97 Å². The summed E-state index contributed by atoms with van der Waals surface area (Å²) in [6, 6.07) is 13.3. The highest BCUT2D eigenvalue weighted by Crippen LogP contribution is 2.27. The van der Waals surface area contributed by atoms with Crippen LogP contribution in [0.3, 0.4) is 0 Å². The number of anilines is 1. The number of hydrogen-bond acceptors (Lipinski definition) is 4. The molecular formula is C17H10BrClN4OS. The number of benzene rings is 1. The molecule has 0 bridgehead atoms. The minimum absolute atomic E-state index is 0.160. The van der Waals surface area contributed by atoms with E-state index in [9.17, 15) is 4.79 Å². The molecule has 0 aliphatic heterocycles. The number of thiazole rings is 1. The molecule has 1 amide bonds. The number of amides is 1. The normalized spacial score (nSPS) is 11.0. The quantitative estimate of drug-likeness (QED) is 0.487. The molecular weight excluding hydrogens is 424 g/mol. The summed E-state index contributed by atoms with van der Waals surface area (Å²) >= 11 is 10.9.